The molecule has 1 saturated heterocycles. The van der Waals surface area contributed by atoms with E-state index in [1.54, 1.807) is 0 Å². The van der Waals surface area contributed by atoms with Crippen LogP contribution in [0.4, 0.5) is 0 Å². The number of nitrogens with zero attached hydrogens (tertiary/aromatic N) is 2. The van der Waals surface area contributed by atoms with E-state index in [1.165, 1.54) is 52.0 Å². The summed E-state index contributed by atoms with van der Waals surface area (Å²) >= 11 is 0. The van der Waals surface area contributed by atoms with Crippen LogP contribution in [-0.4, -0.2) is 48.6 Å². The average molecular weight is 196 g/mol. The normalized spacial score (nSPS) is 25.9. The van der Waals surface area contributed by atoms with Gasteiger partial charge in [0, 0.05) is 32.2 Å². The second-order valence-electron chi connectivity index (χ2n) is 5.29. The number of hydrogen-bond acceptors (Lipinski definition) is 2. The summed E-state index contributed by atoms with van der Waals surface area (Å²) in [6, 6.07) is 0.974. The molecule has 0 spiro atoms. The molecule has 2 rings (SSSR count). The first kappa shape index (κ1) is 10.4. The maximum absolute atomic E-state index is 2.69. The fraction of sp³-hybridized carbons (Fsp3) is 1.00. The molecule has 2 nitrogen and oxygen atoms in total. The molecule has 0 bridgehead atoms. The standard InChI is InChI=1S/C12H24N2/c1-11(2)5-6-13-7-9-14(10-8-13)12-3-4-12/h11-12H,3-10H2,1-2H3. The molecule has 0 N–H and O–H groups in total. The van der Waals surface area contributed by atoms with Gasteiger partial charge in [0.05, 0.1) is 0 Å². The molecule has 0 radical (unpaired) electrons. The quantitative estimate of drug-likeness (QED) is 0.676. The van der Waals surface area contributed by atoms with Gasteiger partial charge in [0.2, 0.25) is 0 Å². The van der Waals surface area contributed by atoms with Crippen molar-refractivity contribution >= 4 is 0 Å². The van der Waals surface area contributed by atoms with Crippen LogP contribution in [0.25, 0.3) is 0 Å². The van der Waals surface area contributed by atoms with Gasteiger partial charge in [-0.25, -0.2) is 0 Å². The average Bonchev–Trinajstić information content (AvgIpc) is 2.99. The minimum atomic E-state index is 0.858. The fourth-order valence-corrected chi connectivity index (χ4v) is 2.23. The van der Waals surface area contributed by atoms with Crippen molar-refractivity contribution < 1.29 is 0 Å². The van der Waals surface area contributed by atoms with Gasteiger partial charge in [0.1, 0.15) is 0 Å². The maximum Gasteiger partial charge on any atom is 0.0113 e. The van der Waals surface area contributed by atoms with Gasteiger partial charge in [-0.3, -0.25) is 4.90 Å². The molecule has 1 saturated carbocycles. The Balaban J connectivity index is 1.62. The summed E-state index contributed by atoms with van der Waals surface area (Å²) in [5.74, 6) is 0.858. The zero-order valence-electron chi connectivity index (χ0n) is 9.71. The van der Waals surface area contributed by atoms with Crippen LogP contribution in [0.2, 0.25) is 0 Å². The third kappa shape index (κ3) is 2.96. The van der Waals surface area contributed by atoms with Crippen molar-refractivity contribution in [3.63, 3.8) is 0 Å². The molecule has 0 aromatic rings. The van der Waals surface area contributed by atoms with Crippen LogP contribution < -0.4 is 0 Å². The first-order chi connectivity index (χ1) is 6.75. The van der Waals surface area contributed by atoms with Crippen LogP contribution in [0.3, 0.4) is 0 Å². The lowest BCUT2D eigenvalue weighted by atomic mass is 10.1. The predicted octanol–water partition coefficient (Wildman–Crippen LogP) is 1.81. The molecule has 14 heavy (non-hydrogen) atoms. The summed E-state index contributed by atoms with van der Waals surface area (Å²) in [6.45, 7) is 11.2. The Morgan fingerprint density at radius 1 is 1.07 bits per heavy atom. The van der Waals surface area contributed by atoms with Gasteiger partial charge >= 0.3 is 0 Å². The molecule has 0 aromatic heterocycles. The zero-order valence-corrected chi connectivity index (χ0v) is 9.71. The first-order valence-electron chi connectivity index (χ1n) is 6.22. The van der Waals surface area contributed by atoms with Crippen LogP contribution in [0.15, 0.2) is 0 Å². The highest BCUT2D eigenvalue weighted by Crippen LogP contribution is 2.27. The molecule has 0 aromatic carbocycles. The van der Waals surface area contributed by atoms with E-state index in [0.717, 1.165) is 12.0 Å². The van der Waals surface area contributed by atoms with Gasteiger partial charge in [0.15, 0.2) is 0 Å². The van der Waals surface area contributed by atoms with E-state index in [-0.39, 0.29) is 0 Å². The van der Waals surface area contributed by atoms with Gasteiger partial charge in [-0.05, 0) is 31.7 Å². The van der Waals surface area contributed by atoms with Crippen molar-refractivity contribution in [2.75, 3.05) is 32.7 Å². The van der Waals surface area contributed by atoms with Gasteiger partial charge in [-0.2, -0.15) is 0 Å². The molecule has 1 heterocycles. The summed E-state index contributed by atoms with van der Waals surface area (Å²) in [4.78, 5) is 5.32. The summed E-state index contributed by atoms with van der Waals surface area (Å²) in [5, 5.41) is 0. The zero-order chi connectivity index (χ0) is 9.97. The summed E-state index contributed by atoms with van der Waals surface area (Å²) in [7, 11) is 0. The highest BCUT2D eigenvalue weighted by molar-refractivity contribution is 4.87. The predicted molar refractivity (Wildman–Crippen MR) is 60.5 cm³/mol. The van der Waals surface area contributed by atoms with Crippen molar-refractivity contribution in [3.8, 4) is 0 Å². The minimum Gasteiger partial charge on any atom is -0.301 e. The van der Waals surface area contributed by atoms with Crippen molar-refractivity contribution in [1.82, 2.24) is 9.80 Å². The highest BCUT2D eigenvalue weighted by atomic mass is 15.3. The largest absolute Gasteiger partial charge is 0.301 e. The van der Waals surface area contributed by atoms with Crippen LogP contribution in [0, 0.1) is 5.92 Å². The third-order valence-electron chi connectivity index (χ3n) is 3.49. The van der Waals surface area contributed by atoms with Crippen LogP contribution in [0.5, 0.6) is 0 Å². The van der Waals surface area contributed by atoms with E-state index in [9.17, 15) is 0 Å². The molecule has 2 fully saturated rings. The van der Waals surface area contributed by atoms with E-state index in [1.807, 2.05) is 0 Å². The van der Waals surface area contributed by atoms with Crippen molar-refractivity contribution in [2.24, 2.45) is 5.92 Å². The van der Waals surface area contributed by atoms with Crippen molar-refractivity contribution in [1.29, 1.82) is 0 Å². The topological polar surface area (TPSA) is 6.48 Å². The lowest BCUT2D eigenvalue weighted by molar-refractivity contribution is 0.122. The highest BCUT2D eigenvalue weighted by Gasteiger charge is 2.30. The lowest BCUT2D eigenvalue weighted by Crippen LogP contribution is -2.47. The van der Waals surface area contributed by atoms with E-state index in [0.29, 0.717) is 0 Å². The summed E-state index contributed by atoms with van der Waals surface area (Å²) < 4.78 is 0. The molecule has 82 valence electrons. The maximum atomic E-state index is 2.69. The number of hydrogen-bond donors (Lipinski definition) is 0. The first-order valence-corrected chi connectivity index (χ1v) is 6.22. The molecular weight excluding hydrogens is 172 g/mol. The van der Waals surface area contributed by atoms with Crippen molar-refractivity contribution in [3.05, 3.63) is 0 Å². The molecule has 0 atom stereocenters. The van der Waals surface area contributed by atoms with Crippen LogP contribution in [0.1, 0.15) is 33.1 Å². The summed E-state index contributed by atoms with van der Waals surface area (Å²) in [5.41, 5.74) is 0. The minimum absolute atomic E-state index is 0.858. The van der Waals surface area contributed by atoms with Gasteiger partial charge in [-0.1, -0.05) is 13.8 Å². The molecular formula is C12H24N2. The Bertz CT molecular complexity index is 167. The second kappa shape index (κ2) is 4.63. The fourth-order valence-electron chi connectivity index (χ4n) is 2.23. The van der Waals surface area contributed by atoms with E-state index < -0.39 is 0 Å². The molecule has 1 aliphatic carbocycles. The van der Waals surface area contributed by atoms with Gasteiger partial charge < -0.3 is 4.90 Å². The Kier molecular flexibility index (Phi) is 3.45. The molecule has 2 heteroatoms. The van der Waals surface area contributed by atoms with Gasteiger partial charge in [0.25, 0.3) is 0 Å². The molecule has 1 aliphatic heterocycles. The van der Waals surface area contributed by atoms with E-state index in [4.69, 9.17) is 0 Å². The smallest absolute Gasteiger partial charge is 0.0113 e. The molecule has 0 amide bonds. The Hall–Kier alpha value is -0.0800. The number of piperazine rings is 1. The second-order valence-corrected chi connectivity index (χ2v) is 5.29. The summed E-state index contributed by atoms with van der Waals surface area (Å²) in [6.07, 6.45) is 4.29. The van der Waals surface area contributed by atoms with E-state index >= 15 is 0 Å². The Morgan fingerprint density at radius 3 is 2.21 bits per heavy atom. The third-order valence-corrected chi connectivity index (χ3v) is 3.49. The van der Waals surface area contributed by atoms with E-state index in [2.05, 4.69) is 23.6 Å². The molecule has 2 aliphatic rings. The monoisotopic (exact) mass is 196 g/mol. The van der Waals surface area contributed by atoms with Crippen molar-refractivity contribution in [2.45, 2.75) is 39.2 Å². The SMILES string of the molecule is CC(C)CCN1CCN(C2CC2)CC1. The Morgan fingerprint density at radius 2 is 1.71 bits per heavy atom. The van der Waals surface area contributed by atoms with Crippen LogP contribution in [-0.2, 0) is 0 Å². The number of rotatable bonds is 4. The van der Waals surface area contributed by atoms with Gasteiger partial charge in [-0.15, -0.1) is 0 Å². The van der Waals surface area contributed by atoms with Crippen LogP contribution >= 0.6 is 0 Å². The molecule has 0 unspecified atom stereocenters. The lowest BCUT2D eigenvalue weighted by Gasteiger charge is -2.35. The Labute approximate surface area is 88.3 Å².